The van der Waals surface area contributed by atoms with E-state index in [1.807, 2.05) is 24.3 Å². The van der Waals surface area contributed by atoms with Gasteiger partial charge in [0.1, 0.15) is 23.4 Å². The summed E-state index contributed by atoms with van der Waals surface area (Å²) in [5.74, 6) is 2.41. The van der Waals surface area contributed by atoms with E-state index in [0.29, 0.717) is 11.8 Å². The summed E-state index contributed by atoms with van der Waals surface area (Å²) >= 11 is 0. The van der Waals surface area contributed by atoms with Gasteiger partial charge in [-0.3, -0.25) is 0 Å². The maximum Gasteiger partial charge on any atom is 0.131 e. The minimum absolute atomic E-state index is 0.100. The number of phenolic OH excluding ortho intramolecular Hbond substituents is 2. The molecule has 3 heteroatoms. The van der Waals surface area contributed by atoms with Gasteiger partial charge in [-0.25, -0.2) is 0 Å². The molecule has 2 aliphatic rings. The summed E-state index contributed by atoms with van der Waals surface area (Å²) in [7, 11) is 0. The molecular weight excluding hydrogens is 312 g/mol. The Morgan fingerprint density at radius 2 is 1.80 bits per heavy atom. The number of ether oxygens (including phenoxy) is 1. The standard InChI is InChI=1S/C22H24O3/c1-3-4-15-11-19-18-12-17(24)9-10-20(18)25-22(21(19)13(15)2)14-5-7-16(23)8-6-14/h5-10,12,15,19,21-24H,2-4,11H2,1H3/t15-,19-,21-,22-/m0/s1. The van der Waals surface area contributed by atoms with E-state index in [2.05, 4.69) is 13.5 Å². The normalized spacial score (nSPS) is 27.5. The molecule has 4 atom stereocenters. The molecule has 1 saturated carbocycles. The summed E-state index contributed by atoms with van der Waals surface area (Å²) in [5, 5.41) is 19.6. The lowest BCUT2D eigenvalue weighted by molar-refractivity contribution is 0.121. The molecule has 1 aliphatic carbocycles. The van der Waals surface area contributed by atoms with Crippen LogP contribution in [0.3, 0.4) is 0 Å². The molecule has 4 rings (SSSR count). The number of aromatic hydroxyl groups is 2. The molecule has 1 aliphatic heterocycles. The van der Waals surface area contributed by atoms with E-state index in [9.17, 15) is 10.2 Å². The molecular formula is C22H24O3. The second-order valence-electron chi connectivity index (χ2n) is 7.28. The molecule has 0 spiro atoms. The predicted octanol–water partition coefficient (Wildman–Crippen LogP) is 5.31. The molecule has 1 fully saturated rings. The Hall–Kier alpha value is -2.42. The van der Waals surface area contributed by atoms with Gasteiger partial charge < -0.3 is 14.9 Å². The van der Waals surface area contributed by atoms with Gasteiger partial charge in [-0.05, 0) is 60.6 Å². The van der Waals surface area contributed by atoms with Crippen molar-refractivity contribution in [2.24, 2.45) is 11.8 Å². The Morgan fingerprint density at radius 1 is 1.08 bits per heavy atom. The van der Waals surface area contributed by atoms with Gasteiger partial charge in [0.15, 0.2) is 0 Å². The summed E-state index contributed by atoms with van der Waals surface area (Å²) in [5.41, 5.74) is 3.42. The summed E-state index contributed by atoms with van der Waals surface area (Å²) in [6, 6.07) is 12.7. The van der Waals surface area contributed by atoms with Gasteiger partial charge in [-0.15, -0.1) is 0 Å². The van der Waals surface area contributed by atoms with Crippen LogP contribution in [-0.2, 0) is 0 Å². The van der Waals surface area contributed by atoms with Crippen LogP contribution in [0.5, 0.6) is 17.2 Å². The van der Waals surface area contributed by atoms with Gasteiger partial charge in [-0.1, -0.05) is 37.6 Å². The molecule has 0 amide bonds. The molecule has 0 saturated heterocycles. The summed E-state index contributed by atoms with van der Waals surface area (Å²) in [6.45, 7) is 6.65. The van der Waals surface area contributed by atoms with Crippen molar-refractivity contribution in [3.05, 3.63) is 65.7 Å². The summed E-state index contributed by atoms with van der Waals surface area (Å²) in [6.07, 6.45) is 3.24. The zero-order valence-electron chi connectivity index (χ0n) is 14.5. The van der Waals surface area contributed by atoms with Gasteiger partial charge in [0.05, 0.1) is 0 Å². The van der Waals surface area contributed by atoms with Crippen molar-refractivity contribution < 1.29 is 14.9 Å². The first-order valence-electron chi connectivity index (χ1n) is 9.05. The number of phenols is 2. The third-order valence-electron chi connectivity index (χ3n) is 5.76. The molecule has 2 N–H and O–H groups in total. The summed E-state index contributed by atoms with van der Waals surface area (Å²) in [4.78, 5) is 0. The van der Waals surface area contributed by atoms with Crippen molar-refractivity contribution in [3.8, 4) is 17.2 Å². The van der Waals surface area contributed by atoms with Crippen LogP contribution < -0.4 is 4.74 Å². The smallest absolute Gasteiger partial charge is 0.131 e. The number of hydrogen-bond acceptors (Lipinski definition) is 3. The summed E-state index contributed by atoms with van der Waals surface area (Å²) < 4.78 is 6.37. The average Bonchev–Trinajstić information content (AvgIpc) is 2.93. The number of benzene rings is 2. The fourth-order valence-corrected chi connectivity index (χ4v) is 4.60. The van der Waals surface area contributed by atoms with Gasteiger partial charge >= 0.3 is 0 Å². The van der Waals surface area contributed by atoms with E-state index in [1.54, 1.807) is 18.2 Å². The largest absolute Gasteiger partial charge is 0.508 e. The third kappa shape index (κ3) is 2.68. The molecule has 0 aromatic heterocycles. The maximum absolute atomic E-state index is 9.95. The van der Waals surface area contributed by atoms with E-state index in [0.717, 1.165) is 36.1 Å². The predicted molar refractivity (Wildman–Crippen MR) is 98.0 cm³/mol. The quantitative estimate of drug-likeness (QED) is 0.747. The van der Waals surface area contributed by atoms with Crippen LogP contribution in [0.2, 0.25) is 0 Å². The SMILES string of the molecule is C=C1[C@@H](CCC)C[C@H]2c3cc(O)ccc3O[C@@H](c3ccc(O)cc3)[C@@H]12. The van der Waals surface area contributed by atoms with E-state index in [4.69, 9.17) is 4.74 Å². The zero-order valence-corrected chi connectivity index (χ0v) is 14.5. The fraction of sp³-hybridized carbons (Fsp3) is 0.364. The van der Waals surface area contributed by atoms with Crippen molar-refractivity contribution in [2.75, 3.05) is 0 Å². The minimum atomic E-state index is -0.100. The van der Waals surface area contributed by atoms with Crippen LogP contribution in [0.15, 0.2) is 54.6 Å². The zero-order chi connectivity index (χ0) is 17.6. The van der Waals surface area contributed by atoms with Crippen molar-refractivity contribution in [3.63, 3.8) is 0 Å². The topological polar surface area (TPSA) is 49.7 Å². The Kier molecular flexibility index (Phi) is 3.95. The first-order valence-corrected chi connectivity index (χ1v) is 9.05. The van der Waals surface area contributed by atoms with Crippen LogP contribution in [0.1, 0.15) is 49.3 Å². The Balaban J connectivity index is 1.79. The molecule has 25 heavy (non-hydrogen) atoms. The van der Waals surface area contributed by atoms with E-state index >= 15 is 0 Å². The molecule has 0 radical (unpaired) electrons. The van der Waals surface area contributed by atoms with Crippen molar-refractivity contribution in [1.82, 2.24) is 0 Å². The van der Waals surface area contributed by atoms with Crippen LogP contribution in [-0.4, -0.2) is 10.2 Å². The van der Waals surface area contributed by atoms with E-state index in [-0.39, 0.29) is 23.5 Å². The average molecular weight is 336 g/mol. The number of fused-ring (bicyclic) bond motifs is 3. The first kappa shape index (κ1) is 16.1. The Labute approximate surface area is 148 Å². The third-order valence-corrected chi connectivity index (χ3v) is 5.76. The van der Waals surface area contributed by atoms with Crippen molar-refractivity contribution >= 4 is 0 Å². The van der Waals surface area contributed by atoms with Gasteiger partial charge in [-0.2, -0.15) is 0 Å². The highest BCUT2D eigenvalue weighted by Gasteiger charge is 2.47. The van der Waals surface area contributed by atoms with Crippen LogP contribution in [0, 0.1) is 11.8 Å². The van der Waals surface area contributed by atoms with Gasteiger partial charge in [0, 0.05) is 11.5 Å². The maximum atomic E-state index is 9.95. The van der Waals surface area contributed by atoms with E-state index < -0.39 is 0 Å². The second kappa shape index (κ2) is 6.14. The fourth-order valence-electron chi connectivity index (χ4n) is 4.60. The molecule has 1 heterocycles. The second-order valence-corrected chi connectivity index (χ2v) is 7.28. The highest BCUT2D eigenvalue weighted by Crippen LogP contribution is 2.58. The molecule has 2 aromatic rings. The van der Waals surface area contributed by atoms with Crippen molar-refractivity contribution in [1.29, 1.82) is 0 Å². The lowest BCUT2D eigenvalue weighted by atomic mass is 9.78. The lowest BCUT2D eigenvalue weighted by Crippen LogP contribution is -2.27. The molecule has 2 aromatic carbocycles. The highest BCUT2D eigenvalue weighted by atomic mass is 16.5. The van der Waals surface area contributed by atoms with Gasteiger partial charge in [0.2, 0.25) is 0 Å². The Bertz CT molecular complexity index is 793. The molecule has 3 nitrogen and oxygen atoms in total. The van der Waals surface area contributed by atoms with Crippen LogP contribution >= 0.6 is 0 Å². The molecule has 0 unspecified atom stereocenters. The monoisotopic (exact) mass is 336 g/mol. The van der Waals surface area contributed by atoms with Crippen LogP contribution in [0.25, 0.3) is 0 Å². The Morgan fingerprint density at radius 3 is 2.52 bits per heavy atom. The minimum Gasteiger partial charge on any atom is -0.508 e. The molecule has 0 bridgehead atoms. The van der Waals surface area contributed by atoms with E-state index in [1.165, 1.54) is 5.57 Å². The first-order chi connectivity index (χ1) is 12.1. The number of rotatable bonds is 3. The highest BCUT2D eigenvalue weighted by molar-refractivity contribution is 5.48. The van der Waals surface area contributed by atoms with Gasteiger partial charge in [0.25, 0.3) is 0 Å². The number of hydrogen-bond donors (Lipinski definition) is 2. The molecule has 130 valence electrons. The lowest BCUT2D eigenvalue weighted by Gasteiger charge is -2.37. The van der Waals surface area contributed by atoms with Crippen LogP contribution in [0.4, 0.5) is 0 Å². The van der Waals surface area contributed by atoms with Crippen molar-refractivity contribution in [2.45, 2.75) is 38.2 Å².